The first-order valence-corrected chi connectivity index (χ1v) is 4.68. The van der Waals surface area contributed by atoms with E-state index in [0.29, 0.717) is 5.57 Å². The highest BCUT2D eigenvalue weighted by molar-refractivity contribution is 6.09. The second kappa shape index (κ2) is 3.69. The molecule has 2 rings (SSSR count). The third kappa shape index (κ3) is 1.65. The second-order valence-corrected chi connectivity index (χ2v) is 3.53. The molecule has 3 unspecified atom stereocenters. The Morgan fingerprint density at radius 2 is 2.40 bits per heavy atom. The van der Waals surface area contributed by atoms with E-state index >= 15 is 0 Å². The van der Waals surface area contributed by atoms with Crippen molar-refractivity contribution in [1.29, 1.82) is 5.41 Å². The van der Waals surface area contributed by atoms with E-state index in [1.807, 2.05) is 0 Å². The van der Waals surface area contributed by atoms with Gasteiger partial charge in [0.15, 0.2) is 5.78 Å². The van der Waals surface area contributed by atoms with Gasteiger partial charge in [0.25, 0.3) is 0 Å². The molecule has 0 aromatic heterocycles. The largest absolute Gasteiger partial charge is 0.386 e. The molecule has 0 saturated heterocycles. The lowest BCUT2D eigenvalue weighted by Crippen LogP contribution is -2.35. The van der Waals surface area contributed by atoms with Crippen LogP contribution in [0.5, 0.6) is 0 Å². The van der Waals surface area contributed by atoms with Gasteiger partial charge >= 0.3 is 0 Å². The summed E-state index contributed by atoms with van der Waals surface area (Å²) in [5.74, 6) is -0.239. The summed E-state index contributed by atoms with van der Waals surface area (Å²) < 4.78 is 5.34. The maximum Gasteiger partial charge on any atom is 0.179 e. The van der Waals surface area contributed by atoms with Crippen LogP contribution in [-0.2, 0) is 9.53 Å². The number of allylic oxidation sites excluding steroid dienone is 1. The van der Waals surface area contributed by atoms with Crippen LogP contribution in [0.15, 0.2) is 23.8 Å². The van der Waals surface area contributed by atoms with Gasteiger partial charge in [0.1, 0.15) is 18.3 Å². The summed E-state index contributed by atoms with van der Waals surface area (Å²) in [6.45, 7) is -0.0992. The molecular formula is C10H12N2O3. The number of rotatable bonds is 2. The minimum atomic E-state index is -0.791. The Kier molecular flexibility index (Phi) is 2.52. The predicted octanol–water partition coefficient (Wildman–Crippen LogP) is -0.842. The highest BCUT2D eigenvalue weighted by Gasteiger charge is 2.37. The van der Waals surface area contributed by atoms with Crippen molar-refractivity contribution in [2.24, 2.45) is 5.73 Å². The third-order valence-corrected chi connectivity index (χ3v) is 2.53. The minimum Gasteiger partial charge on any atom is -0.386 e. The maximum atomic E-state index is 11.3. The zero-order valence-electron chi connectivity index (χ0n) is 8.01. The number of nitrogens with two attached hydrogens (primary N) is 1. The maximum absolute atomic E-state index is 11.3. The summed E-state index contributed by atoms with van der Waals surface area (Å²) in [7, 11) is 0. The van der Waals surface area contributed by atoms with Gasteiger partial charge in [0.2, 0.25) is 0 Å². The average Bonchev–Trinajstić information content (AvgIpc) is 2.68. The molecule has 5 heteroatoms. The molecule has 0 radical (unpaired) electrons. The van der Waals surface area contributed by atoms with Crippen molar-refractivity contribution in [2.45, 2.75) is 18.3 Å². The van der Waals surface area contributed by atoms with E-state index in [1.54, 1.807) is 6.08 Å². The number of fused-ring (bicyclic) bond motifs is 1. The van der Waals surface area contributed by atoms with Crippen molar-refractivity contribution in [3.8, 4) is 0 Å². The fourth-order valence-corrected chi connectivity index (χ4v) is 1.71. The molecule has 0 aromatic rings. The molecule has 1 aliphatic carbocycles. The molecule has 0 spiro atoms. The molecule has 0 fully saturated rings. The number of carbonyl (C=O) groups excluding carboxylic acids is 1. The second-order valence-electron chi connectivity index (χ2n) is 3.53. The predicted molar refractivity (Wildman–Crippen MR) is 53.7 cm³/mol. The molecule has 0 amide bonds. The van der Waals surface area contributed by atoms with E-state index in [4.69, 9.17) is 15.9 Å². The molecule has 1 aliphatic heterocycles. The van der Waals surface area contributed by atoms with Gasteiger partial charge in [0, 0.05) is 5.57 Å². The number of hydrogen-bond acceptors (Lipinski definition) is 5. The average molecular weight is 208 g/mol. The van der Waals surface area contributed by atoms with E-state index in [-0.39, 0.29) is 18.0 Å². The SMILES string of the molecule is N=C1C=CC(O)C2OC(C(=O)CN)C=C12. The molecule has 4 N–H and O–H groups in total. The van der Waals surface area contributed by atoms with Gasteiger partial charge in [0.05, 0.1) is 12.3 Å². The zero-order chi connectivity index (χ0) is 11.0. The van der Waals surface area contributed by atoms with Crippen LogP contribution in [0, 0.1) is 5.41 Å². The Hall–Kier alpha value is -1.30. The van der Waals surface area contributed by atoms with Gasteiger partial charge in [-0.05, 0) is 12.2 Å². The summed E-state index contributed by atoms with van der Waals surface area (Å²) in [6.07, 6.45) is 2.45. The van der Waals surface area contributed by atoms with Gasteiger partial charge in [-0.1, -0.05) is 6.08 Å². The number of nitrogens with one attached hydrogen (secondary N) is 1. The van der Waals surface area contributed by atoms with Gasteiger partial charge in [-0.25, -0.2) is 0 Å². The third-order valence-electron chi connectivity index (χ3n) is 2.53. The molecule has 3 atom stereocenters. The highest BCUT2D eigenvalue weighted by Crippen LogP contribution is 2.27. The van der Waals surface area contributed by atoms with Crippen LogP contribution in [0.25, 0.3) is 0 Å². The van der Waals surface area contributed by atoms with E-state index in [9.17, 15) is 9.90 Å². The molecule has 0 bridgehead atoms. The summed E-state index contributed by atoms with van der Waals surface area (Å²) in [5, 5.41) is 17.2. The van der Waals surface area contributed by atoms with Crippen molar-refractivity contribution in [3.63, 3.8) is 0 Å². The highest BCUT2D eigenvalue weighted by atomic mass is 16.5. The van der Waals surface area contributed by atoms with Crippen molar-refractivity contribution in [1.82, 2.24) is 0 Å². The van der Waals surface area contributed by atoms with Crippen molar-refractivity contribution in [3.05, 3.63) is 23.8 Å². The topological polar surface area (TPSA) is 96.4 Å². The summed E-state index contributed by atoms with van der Waals surface area (Å²) in [6, 6.07) is 0. The smallest absolute Gasteiger partial charge is 0.179 e. The van der Waals surface area contributed by atoms with Crippen LogP contribution in [0.4, 0.5) is 0 Å². The fraction of sp³-hybridized carbons (Fsp3) is 0.400. The van der Waals surface area contributed by atoms with Gasteiger partial charge in [-0.2, -0.15) is 0 Å². The van der Waals surface area contributed by atoms with Crippen LogP contribution >= 0.6 is 0 Å². The summed E-state index contributed by atoms with van der Waals surface area (Å²) in [4.78, 5) is 11.3. The number of aliphatic hydroxyl groups is 1. The Morgan fingerprint density at radius 1 is 1.67 bits per heavy atom. The van der Waals surface area contributed by atoms with Gasteiger partial charge < -0.3 is 21.0 Å². The van der Waals surface area contributed by atoms with Crippen LogP contribution in [0.1, 0.15) is 0 Å². The fourth-order valence-electron chi connectivity index (χ4n) is 1.71. The molecule has 0 aromatic carbocycles. The van der Waals surface area contributed by atoms with E-state index in [2.05, 4.69) is 0 Å². The van der Waals surface area contributed by atoms with Gasteiger partial charge in [-0.15, -0.1) is 0 Å². The molecule has 2 aliphatic rings. The number of carbonyl (C=O) groups is 1. The Labute approximate surface area is 86.7 Å². The lowest BCUT2D eigenvalue weighted by atomic mass is 9.94. The van der Waals surface area contributed by atoms with E-state index in [1.165, 1.54) is 12.2 Å². The lowest BCUT2D eigenvalue weighted by molar-refractivity contribution is -0.128. The minimum absolute atomic E-state index is 0.0992. The first kappa shape index (κ1) is 10.2. The number of ketones is 1. The van der Waals surface area contributed by atoms with Crippen LogP contribution in [0.3, 0.4) is 0 Å². The lowest BCUT2D eigenvalue weighted by Gasteiger charge is -2.22. The van der Waals surface area contributed by atoms with Crippen molar-refractivity contribution >= 4 is 11.5 Å². The number of Topliss-reactive ketones (excluding diaryl/α,β-unsaturated/α-hetero) is 1. The van der Waals surface area contributed by atoms with Crippen molar-refractivity contribution in [2.75, 3.05) is 6.54 Å². The quantitative estimate of drug-likeness (QED) is 0.551. The molecule has 15 heavy (non-hydrogen) atoms. The molecule has 5 nitrogen and oxygen atoms in total. The van der Waals surface area contributed by atoms with E-state index in [0.717, 1.165) is 0 Å². The Morgan fingerprint density at radius 3 is 3.00 bits per heavy atom. The zero-order valence-corrected chi connectivity index (χ0v) is 8.01. The number of ether oxygens (including phenoxy) is 1. The molecule has 80 valence electrons. The van der Waals surface area contributed by atoms with Crippen LogP contribution < -0.4 is 5.73 Å². The molecular weight excluding hydrogens is 196 g/mol. The first-order chi connectivity index (χ1) is 7.13. The van der Waals surface area contributed by atoms with Gasteiger partial charge in [-0.3, -0.25) is 4.79 Å². The Bertz CT molecular complexity index is 373. The number of hydrogen-bond donors (Lipinski definition) is 3. The van der Waals surface area contributed by atoms with Crippen molar-refractivity contribution < 1.29 is 14.6 Å². The number of aliphatic hydroxyl groups excluding tert-OH is 1. The first-order valence-electron chi connectivity index (χ1n) is 4.68. The normalized spacial score (nSPS) is 33.9. The standard InChI is InChI=1S/C10H12N2O3/c11-4-8(14)9-3-5-6(12)1-2-7(13)10(5)15-9/h1-3,7,9-10,12-13H,4,11H2. The van der Waals surface area contributed by atoms with E-state index < -0.39 is 18.3 Å². The molecule has 1 heterocycles. The summed E-state index contributed by atoms with van der Waals surface area (Å²) in [5.41, 5.74) is 6.06. The van der Waals surface area contributed by atoms with Crippen LogP contribution in [-0.4, -0.2) is 41.5 Å². The molecule has 0 saturated carbocycles. The Balaban J connectivity index is 2.25. The van der Waals surface area contributed by atoms with Crippen LogP contribution in [0.2, 0.25) is 0 Å². The monoisotopic (exact) mass is 208 g/mol. The summed E-state index contributed by atoms with van der Waals surface area (Å²) >= 11 is 0.